The Bertz CT molecular complexity index is 1880. The van der Waals surface area contributed by atoms with Crippen molar-refractivity contribution in [2.75, 3.05) is 0 Å². The molecule has 0 fully saturated rings. The lowest BCUT2D eigenvalue weighted by atomic mass is 10.0. The van der Waals surface area contributed by atoms with Gasteiger partial charge in [0, 0.05) is 16.3 Å². The number of alkyl halides is 3. The van der Waals surface area contributed by atoms with Crippen molar-refractivity contribution in [3.63, 3.8) is 0 Å². The molecule has 3 N–H and O–H groups in total. The number of carboxylic acids is 1. The van der Waals surface area contributed by atoms with Crippen LogP contribution >= 0.6 is 0 Å². The van der Waals surface area contributed by atoms with Crippen LogP contribution in [0.5, 0.6) is 11.6 Å². The lowest BCUT2D eigenvalue weighted by Gasteiger charge is -2.14. The Morgan fingerprint density at radius 3 is 2.23 bits per heavy atom. The van der Waals surface area contributed by atoms with Gasteiger partial charge in [-0.15, -0.1) is 10.2 Å². The predicted octanol–water partition coefficient (Wildman–Crippen LogP) is 7.20. The molecule has 200 valence electrons. The zero-order valence-electron chi connectivity index (χ0n) is 20.3. The Morgan fingerprint density at radius 2 is 1.50 bits per heavy atom. The largest absolute Gasteiger partial charge is 0.505 e. The van der Waals surface area contributed by atoms with Gasteiger partial charge in [-0.05, 0) is 48.0 Å². The highest BCUT2D eigenvalue weighted by molar-refractivity contribution is 5.95. The molecule has 0 unspecified atom stereocenters. The molecule has 1 aromatic heterocycles. The highest BCUT2D eigenvalue weighted by Crippen LogP contribution is 2.39. The number of halogens is 3. The Morgan fingerprint density at radius 1 is 0.800 bits per heavy atom. The first-order chi connectivity index (χ1) is 19.1. The quantitative estimate of drug-likeness (QED) is 0.202. The Labute approximate surface area is 223 Å². The van der Waals surface area contributed by atoms with E-state index in [2.05, 4.69) is 10.2 Å². The summed E-state index contributed by atoms with van der Waals surface area (Å²) < 4.78 is 40.7. The van der Waals surface area contributed by atoms with Gasteiger partial charge in [-0.25, -0.2) is 9.36 Å². The summed E-state index contributed by atoms with van der Waals surface area (Å²) in [5.41, 5.74) is -1.86. The number of azo groups is 1. The summed E-state index contributed by atoms with van der Waals surface area (Å²) in [6.45, 7) is 0. The van der Waals surface area contributed by atoms with Crippen molar-refractivity contribution in [2.24, 2.45) is 10.2 Å². The molecule has 0 amide bonds. The van der Waals surface area contributed by atoms with E-state index >= 15 is 0 Å². The summed E-state index contributed by atoms with van der Waals surface area (Å²) >= 11 is 0. The summed E-state index contributed by atoms with van der Waals surface area (Å²) in [5.74, 6) is -2.06. The molecular weight excluding hydrogens is 527 g/mol. The van der Waals surface area contributed by atoms with Gasteiger partial charge in [0.2, 0.25) is 5.88 Å². The summed E-state index contributed by atoms with van der Waals surface area (Å²) in [6, 6.07) is 20.5. The zero-order valence-corrected chi connectivity index (χ0v) is 20.3. The van der Waals surface area contributed by atoms with Gasteiger partial charge >= 0.3 is 12.1 Å². The fraction of sp³-hybridized carbons (Fsp3) is 0.0345. The van der Waals surface area contributed by atoms with Crippen LogP contribution in [-0.2, 0) is 6.18 Å². The number of aromatic nitrogens is 1. The van der Waals surface area contributed by atoms with Crippen molar-refractivity contribution < 1.29 is 33.3 Å². The third-order valence-corrected chi connectivity index (χ3v) is 6.17. The molecule has 5 aromatic rings. The first kappa shape index (κ1) is 26.2. The van der Waals surface area contributed by atoms with Crippen molar-refractivity contribution in [3.8, 4) is 28.4 Å². The average Bonchev–Trinajstić information content (AvgIpc) is 2.93. The Balaban J connectivity index is 1.66. The van der Waals surface area contributed by atoms with Crippen LogP contribution in [0.15, 0.2) is 106 Å². The van der Waals surface area contributed by atoms with E-state index in [0.717, 1.165) is 18.2 Å². The lowest BCUT2D eigenvalue weighted by molar-refractivity contribution is -0.137. The van der Waals surface area contributed by atoms with Crippen LogP contribution in [0, 0.1) is 0 Å². The van der Waals surface area contributed by atoms with Crippen LogP contribution in [0.25, 0.3) is 27.6 Å². The van der Waals surface area contributed by atoms with Crippen LogP contribution in [0.2, 0.25) is 0 Å². The number of fused-ring (bicyclic) bond motifs is 1. The molecule has 0 saturated heterocycles. The highest BCUT2D eigenvalue weighted by Gasteiger charge is 2.31. The molecule has 0 aliphatic rings. The predicted molar refractivity (Wildman–Crippen MR) is 141 cm³/mol. The van der Waals surface area contributed by atoms with E-state index in [9.17, 15) is 38.1 Å². The number of rotatable bonds is 5. The number of phenols is 1. The van der Waals surface area contributed by atoms with Gasteiger partial charge < -0.3 is 15.3 Å². The Kier molecular flexibility index (Phi) is 6.56. The van der Waals surface area contributed by atoms with Crippen LogP contribution in [-0.4, -0.2) is 25.9 Å². The molecule has 40 heavy (non-hydrogen) atoms. The minimum atomic E-state index is -4.68. The molecule has 0 saturated carbocycles. The van der Waals surface area contributed by atoms with Gasteiger partial charge in [-0.2, -0.15) is 13.2 Å². The number of aromatic hydroxyl groups is 2. The number of benzene rings is 4. The van der Waals surface area contributed by atoms with E-state index < -0.39 is 29.1 Å². The monoisotopic (exact) mass is 545 g/mol. The number of phenolic OH excluding ortho intramolecular Hbond substituents is 1. The number of hydrogen-bond donors (Lipinski definition) is 3. The molecule has 11 heteroatoms. The minimum Gasteiger partial charge on any atom is -0.505 e. The molecule has 4 aromatic carbocycles. The third-order valence-electron chi connectivity index (χ3n) is 6.17. The summed E-state index contributed by atoms with van der Waals surface area (Å²) in [5, 5.41) is 39.5. The van der Waals surface area contributed by atoms with Gasteiger partial charge in [0.1, 0.15) is 5.69 Å². The second-order valence-corrected chi connectivity index (χ2v) is 8.67. The smallest absolute Gasteiger partial charge is 0.416 e. The van der Waals surface area contributed by atoms with E-state index in [-0.39, 0.29) is 44.7 Å². The zero-order chi connectivity index (χ0) is 28.6. The number of para-hydroxylation sites is 1. The Hall–Kier alpha value is -5.45. The summed E-state index contributed by atoms with van der Waals surface area (Å²) in [6.07, 6.45) is -4.68. The average molecular weight is 545 g/mol. The van der Waals surface area contributed by atoms with E-state index in [4.69, 9.17) is 0 Å². The second kappa shape index (κ2) is 10.0. The fourth-order valence-electron chi connectivity index (χ4n) is 4.25. The van der Waals surface area contributed by atoms with Crippen molar-refractivity contribution in [2.45, 2.75) is 6.18 Å². The molecule has 5 rings (SSSR count). The molecule has 0 atom stereocenters. The molecule has 0 aliphatic heterocycles. The molecule has 0 radical (unpaired) electrons. The molecule has 1 heterocycles. The SMILES string of the molecule is O=C(O)c1cccc(-c2cccc(N=Nc3c(=O)n(-c4cccc(C(F)(F)F)c4)c(O)c4ccccc34)c2O)c1. The number of aromatic carboxylic acids is 1. The molecule has 0 spiro atoms. The van der Waals surface area contributed by atoms with Gasteiger partial charge in [0.25, 0.3) is 5.56 Å². The minimum absolute atomic E-state index is 0.00892. The van der Waals surface area contributed by atoms with Gasteiger partial charge in [-0.1, -0.05) is 48.5 Å². The van der Waals surface area contributed by atoms with Crippen LogP contribution in [0.3, 0.4) is 0 Å². The van der Waals surface area contributed by atoms with Gasteiger partial charge in [-0.3, -0.25) is 4.79 Å². The normalized spacial score (nSPS) is 11.8. The first-order valence-corrected chi connectivity index (χ1v) is 11.7. The second-order valence-electron chi connectivity index (χ2n) is 8.67. The highest BCUT2D eigenvalue weighted by atomic mass is 19.4. The van der Waals surface area contributed by atoms with E-state index in [0.29, 0.717) is 10.1 Å². The molecule has 0 bridgehead atoms. The molecule has 8 nitrogen and oxygen atoms in total. The fourth-order valence-corrected chi connectivity index (χ4v) is 4.25. The van der Waals surface area contributed by atoms with Crippen LogP contribution < -0.4 is 5.56 Å². The van der Waals surface area contributed by atoms with Crippen molar-refractivity contribution >= 4 is 28.1 Å². The van der Waals surface area contributed by atoms with E-state index in [1.54, 1.807) is 30.3 Å². The number of nitrogens with zero attached hydrogens (tertiary/aromatic N) is 3. The maximum atomic E-state index is 13.5. The summed E-state index contributed by atoms with van der Waals surface area (Å²) in [7, 11) is 0. The lowest BCUT2D eigenvalue weighted by Crippen LogP contribution is -2.19. The standard InChI is InChI=1S/C29H18F3N3O5/c30-29(31,32)18-8-4-9-19(15-18)35-26(37)22-11-2-1-10-21(22)24(27(35)38)34-33-23-13-5-12-20(25(23)36)16-6-3-7-17(14-16)28(39)40/h1-15,36-37H,(H,39,40). The maximum absolute atomic E-state index is 13.5. The molecular formula is C29H18F3N3O5. The molecule has 0 aliphatic carbocycles. The van der Waals surface area contributed by atoms with E-state index in [1.807, 2.05) is 0 Å². The topological polar surface area (TPSA) is 124 Å². The van der Waals surface area contributed by atoms with E-state index in [1.165, 1.54) is 42.5 Å². The van der Waals surface area contributed by atoms with Gasteiger partial charge in [0.15, 0.2) is 11.4 Å². The summed E-state index contributed by atoms with van der Waals surface area (Å²) in [4.78, 5) is 24.9. The number of pyridine rings is 1. The number of hydrogen-bond acceptors (Lipinski definition) is 6. The van der Waals surface area contributed by atoms with Crippen molar-refractivity contribution in [1.82, 2.24) is 4.57 Å². The van der Waals surface area contributed by atoms with Gasteiger partial charge in [0.05, 0.1) is 16.8 Å². The van der Waals surface area contributed by atoms with Crippen LogP contribution in [0.1, 0.15) is 15.9 Å². The maximum Gasteiger partial charge on any atom is 0.416 e. The van der Waals surface area contributed by atoms with Crippen molar-refractivity contribution in [1.29, 1.82) is 0 Å². The third kappa shape index (κ3) is 4.75. The number of carbonyl (C=O) groups is 1. The van der Waals surface area contributed by atoms with Crippen LogP contribution in [0.4, 0.5) is 24.5 Å². The first-order valence-electron chi connectivity index (χ1n) is 11.7. The number of carboxylic acid groups (broad SMARTS) is 1. The van der Waals surface area contributed by atoms with Crippen molar-refractivity contribution in [3.05, 3.63) is 112 Å².